The van der Waals surface area contributed by atoms with E-state index in [1.807, 2.05) is 19.1 Å². The Hall–Kier alpha value is -1.77. The van der Waals surface area contributed by atoms with Gasteiger partial charge in [-0.1, -0.05) is 31.9 Å². The summed E-state index contributed by atoms with van der Waals surface area (Å²) in [6.07, 6.45) is 9.36. The van der Waals surface area contributed by atoms with Crippen molar-refractivity contribution < 1.29 is 14.6 Å². The zero-order valence-corrected chi connectivity index (χ0v) is 13.1. The molecule has 0 aliphatic rings. The van der Waals surface area contributed by atoms with Crippen LogP contribution in [0.4, 0.5) is 0 Å². The zero-order chi connectivity index (χ0) is 15.5. The molecule has 1 aromatic rings. The van der Waals surface area contributed by atoms with Crippen LogP contribution in [0.5, 0.6) is 11.5 Å². The number of aromatic hydroxyl groups is 1. The molecule has 3 heteroatoms. The van der Waals surface area contributed by atoms with Gasteiger partial charge in [0.2, 0.25) is 0 Å². The Morgan fingerprint density at radius 1 is 1.29 bits per heavy atom. The summed E-state index contributed by atoms with van der Waals surface area (Å²) in [6, 6.07) is 5.25. The number of benzene rings is 1. The summed E-state index contributed by atoms with van der Waals surface area (Å²) in [5.74, 6) is 0.776. The van der Waals surface area contributed by atoms with Crippen molar-refractivity contribution in [3.63, 3.8) is 0 Å². The van der Waals surface area contributed by atoms with E-state index >= 15 is 0 Å². The Morgan fingerprint density at radius 2 is 2.10 bits per heavy atom. The summed E-state index contributed by atoms with van der Waals surface area (Å²) < 4.78 is 5.34. The molecule has 0 aliphatic carbocycles. The van der Waals surface area contributed by atoms with E-state index in [0.29, 0.717) is 25.2 Å². The second-order valence-electron chi connectivity index (χ2n) is 5.10. The van der Waals surface area contributed by atoms with Crippen LogP contribution < -0.4 is 4.74 Å². The second-order valence-corrected chi connectivity index (χ2v) is 5.10. The fourth-order valence-corrected chi connectivity index (χ4v) is 2.06. The van der Waals surface area contributed by atoms with Gasteiger partial charge in [0.1, 0.15) is 0 Å². The molecule has 0 aromatic heterocycles. The quantitative estimate of drug-likeness (QED) is 0.512. The Bertz CT molecular complexity index is 464. The lowest BCUT2D eigenvalue weighted by Gasteiger charge is -2.07. The predicted molar refractivity (Wildman–Crippen MR) is 85.9 cm³/mol. The molecule has 1 rings (SSSR count). The molecular weight excluding hydrogens is 264 g/mol. The third kappa shape index (κ3) is 6.98. The minimum absolute atomic E-state index is 0.141. The minimum atomic E-state index is 0.141. The van der Waals surface area contributed by atoms with E-state index in [-0.39, 0.29) is 11.5 Å². The van der Waals surface area contributed by atoms with Crippen molar-refractivity contribution in [2.75, 3.05) is 6.61 Å². The van der Waals surface area contributed by atoms with E-state index in [1.165, 1.54) is 12.8 Å². The maximum absolute atomic E-state index is 11.8. The number of unbranched alkanes of at least 4 members (excludes halogenated alkanes) is 3. The molecule has 116 valence electrons. The Kier molecular flexibility index (Phi) is 8.25. The molecule has 0 fully saturated rings. The highest BCUT2D eigenvalue weighted by Gasteiger charge is 2.05. The van der Waals surface area contributed by atoms with Crippen LogP contribution in [0.15, 0.2) is 30.4 Å². The van der Waals surface area contributed by atoms with Crippen molar-refractivity contribution in [3.05, 3.63) is 35.9 Å². The monoisotopic (exact) mass is 290 g/mol. The third-order valence-electron chi connectivity index (χ3n) is 3.26. The lowest BCUT2D eigenvalue weighted by Crippen LogP contribution is -1.98. The molecule has 0 amide bonds. The number of carbonyl (C=O) groups is 1. The van der Waals surface area contributed by atoms with Crippen molar-refractivity contribution in [2.24, 2.45) is 0 Å². The molecule has 0 atom stereocenters. The Morgan fingerprint density at radius 3 is 2.81 bits per heavy atom. The summed E-state index contributed by atoms with van der Waals surface area (Å²) in [4.78, 5) is 11.8. The van der Waals surface area contributed by atoms with Crippen LogP contribution >= 0.6 is 0 Å². The lowest BCUT2D eigenvalue weighted by atomic mass is 10.1. The van der Waals surface area contributed by atoms with Gasteiger partial charge < -0.3 is 9.84 Å². The number of hydrogen-bond acceptors (Lipinski definition) is 3. The molecule has 0 spiro atoms. The standard InChI is InChI=1S/C18H26O3/c1-3-5-6-7-8-9-16(19)12-10-15-11-13-17(20)18(14-15)21-4-2/h8-9,11,13-14,20H,3-7,10,12H2,1-2H3. The van der Waals surface area contributed by atoms with Gasteiger partial charge >= 0.3 is 0 Å². The minimum Gasteiger partial charge on any atom is -0.504 e. The number of ether oxygens (including phenoxy) is 1. The van der Waals surface area contributed by atoms with Crippen LogP contribution in [0, 0.1) is 0 Å². The molecule has 1 aromatic carbocycles. The van der Waals surface area contributed by atoms with Crippen LogP contribution in [0.3, 0.4) is 0 Å². The number of hydrogen-bond donors (Lipinski definition) is 1. The first-order chi connectivity index (χ1) is 10.2. The van der Waals surface area contributed by atoms with Gasteiger partial charge in [-0.05, 0) is 50.0 Å². The topological polar surface area (TPSA) is 46.5 Å². The molecule has 21 heavy (non-hydrogen) atoms. The van der Waals surface area contributed by atoms with Crippen molar-refractivity contribution in [1.29, 1.82) is 0 Å². The number of phenolic OH excluding ortho intramolecular Hbond substituents is 1. The number of ketones is 1. The molecule has 0 radical (unpaired) electrons. The maximum atomic E-state index is 11.8. The SMILES string of the molecule is CCCCCC=CC(=O)CCc1ccc(O)c(OCC)c1. The smallest absolute Gasteiger partial charge is 0.161 e. The van der Waals surface area contributed by atoms with E-state index in [1.54, 1.807) is 18.2 Å². The van der Waals surface area contributed by atoms with Gasteiger partial charge in [0.25, 0.3) is 0 Å². The van der Waals surface area contributed by atoms with E-state index < -0.39 is 0 Å². The first-order valence-electron chi connectivity index (χ1n) is 7.81. The molecule has 0 unspecified atom stereocenters. The van der Waals surface area contributed by atoms with Crippen LogP contribution in [-0.2, 0) is 11.2 Å². The fraction of sp³-hybridized carbons (Fsp3) is 0.500. The summed E-state index contributed by atoms with van der Waals surface area (Å²) in [5, 5.41) is 9.63. The zero-order valence-electron chi connectivity index (χ0n) is 13.1. The molecule has 0 saturated carbocycles. The van der Waals surface area contributed by atoms with E-state index in [4.69, 9.17) is 4.74 Å². The van der Waals surface area contributed by atoms with Gasteiger partial charge in [-0.25, -0.2) is 0 Å². The number of rotatable bonds is 10. The fourth-order valence-electron chi connectivity index (χ4n) is 2.06. The van der Waals surface area contributed by atoms with Crippen LogP contribution in [0.25, 0.3) is 0 Å². The molecular formula is C18H26O3. The van der Waals surface area contributed by atoms with Crippen molar-refractivity contribution in [2.45, 2.75) is 52.4 Å². The summed E-state index contributed by atoms with van der Waals surface area (Å²) in [6.45, 7) is 4.55. The first kappa shape index (κ1) is 17.3. The highest BCUT2D eigenvalue weighted by atomic mass is 16.5. The van der Waals surface area contributed by atoms with Gasteiger partial charge in [0.05, 0.1) is 6.61 Å². The van der Waals surface area contributed by atoms with Crippen molar-refractivity contribution in [1.82, 2.24) is 0 Å². The number of phenols is 1. The predicted octanol–water partition coefficient (Wildman–Crippen LogP) is 4.43. The number of carbonyl (C=O) groups excluding carboxylic acids is 1. The van der Waals surface area contributed by atoms with Crippen LogP contribution in [0.1, 0.15) is 51.5 Å². The highest BCUT2D eigenvalue weighted by Crippen LogP contribution is 2.27. The van der Waals surface area contributed by atoms with E-state index in [0.717, 1.165) is 18.4 Å². The first-order valence-corrected chi connectivity index (χ1v) is 7.81. The average Bonchev–Trinajstić information content (AvgIpc) is 2.48. The largest absolute Gasteiger partial charge is 0.504 e. The highest BCUT2D eigenvalue weighted by molar-refractivity contribution is 5.89. The summed E-state index contributed by atoms with van der Waals surface area (Å²) in [7, 11) is 0. The number of aryl methyl sites for hydroxylation is 1. The van der Waals surface area contributed by atoms with Gasteiger partial charge in [-0.3, -0.25) is 4.79 Å². The normalized spacial score (nSPS) is 11.0. The van der Waals surface area contributed by atoms with Gasteiger partial charge in [-0.15, -0.1) is 0 Å². The van der Waals surface area contributed by atoms with Gasteiger partial charge in [0.15, 0.2) is 17.3 Å². The number of allylic oxidation sites excluding steroid dienone is 2. The van der Waals surface area contributed by atoms with E-state index in [9.17, 15) is 9.90 Å². The van der Waals surface area contributed by atoms with Crippen molar-refractivity contribution in [3.8, 4) is 11.5 Å². The van der Waals surface area contributed by atoms with Crippen molar-refractivity contribution >= 4 is 5.78 Å². The molecule has 3 nitrogen and oxygen atoms in total. The Balaban J connectivity index is 2.40. The van der Waals surface area contributed by atoms with Gasteiger partial charge in [-0.2, -0.15) is 0 Å². The van der Waals surface area contributed by atoms with Gasteiger partial charge in [0, 0.05) is 6.42 Å². The van der Waals surface area contributed by atoms with E-state index in [2.05, 4.69) is 6.92 Å². The molecule has 1 N–H and O–H groups in total. The second kappa shape index (κ2) is 10.0. The van der Waals surface area contributed by atoms with Crippen LogP contribution in [0.2, 0.25) is 0 Å². The average molecular weight is 290 g/mol. The third-order valence-corrected chi connectivity index (χ3v) is 3.26. The summed E-state index contributed by atoms with van der Waals surface area (Å²) in [5.41, 5.74) is 1.00. The Labute approximate surface area is 127 Å². The maximum Gasteiger partial charge on any atom is 0.161 e. The molecule has 0 bridgehead atoms. The lowest BCUT2D eigenvalue weighted by molar-refractivity contribution is -0.114. The van der Waals surface area contributed by atoms with Crippen LogP contribution in [-0.4, -0.2) is 17.5 Å². The molecule has 0 saturated heterocycles. The molecule has 0 aliphatic heterocycles. The molecule has 0 heterocycles. The summed E-state index contributed by atoms with van der Waals surface area (Å²) >= 11 is 0.